The van der Waals surface area contributed by atoms with Crippen LogP contribution in [-0.4, -0.2) is 16.2 Å². The van der Waals surface area contributed by atoms with Gasteiger partial charge in [0.1, 0.15) is 5.75 Å². The van der Waals surface area contributed by atoms with Crippen LogP contribution in [0.1, 0.15) is 89.4 Å². The first-order valence-corrected chi connectivity index (χ1v) is 9.81. The van der Waals surface area contributed by atoms with Crippen molar-refractivity contribution in [3.63, 3.8) is 0 Å². The number of benzene rings is 2. The predicted molar refractivity (Wildman–Crippen MR) is 117 cm³/mol. The lowest BCUT2D eigenvalue weighted by atomic mass is 9.67. The number of aromatic hydroxyl groups is 1. The highest BCUT2D eigenvalue weighted by molar-refractivity contribution is 6.01. The van der Waals surface area contributed by atoms with Gasteiger partial charge in [0.15, 0.2) is 0 Å². The molecule has 0 heterocycles. The number of phenolic OH excluding ortho intramolecular Hbond substituents is 1. The molecular weight excluding hydrogens is 348 g/mol. The molecule has 0 aliphatic rings. The third-order valence-corrected chi connectivity index (χ3v) is 5.00. The molecule has 2 rings (SSSR count). The van der Waals surface area contributed by atoms with Gasteiger partial charge in [0.25, 0.3) is 0 Å². The van der Waals surface area contributed by atoms with E-state index in [2.05, 4.69) is 0 Å². The molecule has 152 valence electrons. The van der Waals surface area contributed by atoms with Gasteiger partial charge in [-0.2, -0.15) is 0 Å². The molecule has 2 aromatic rings. The third-order valence-electron chi connectivity index (χ3n) is 5.00. The summed E-state index contributed by atoms with van der Waals surface area (Å²) in [5.41, 5.74) is 2.55. The number of hydrogen-bond acceptors (Lipinski definition) is 2. The Morgan fingerprint density at radius 1 is 0.714 bits per heavy atom. The maximum Gasteiger partial charge on any atom is 0.336 e. The number of rotatable bonds is 2. The van der Waals surface area contributed by atoms with Gasteiger partial charge in [-0.1, -0.05) is 92.6 Å². The van der Waals surface area contributed by atoms with Crippen molar-refractivity contribution in [3.8, 4) is 16.9 Å². The van der Waals surface area contributed by atoms with Crippen molar-refractivity contribution in [1.82, 2.24) is 0 Å². The molecule has 0 aliphatic carbocycles. The lowest BCUT2D eigenvalue weighted by molar-refractivity contribution is 0.0694. The van der Waals surface area contributed by atoms with Crippen molar-refractivity contribution in [2.75, 3.05) is 0 Å². The fraction of sp³-hybridized carbons (Fsp3) is 0.480. The highest BCUT2D eigenvalue weighted by Crippen LogP contribution is 2.51. The van der Waals surface area contributed by atoms with Gasteiger partial charge in [0, 0.05) is 16.7 Å². The molecule has 0 aliphatic heterocycles. The third kappa shape index (κ3) is 3.94. The summed E-state index contributed by atoms with van der Waals surface area (Å²) in [4.78, 5) is 12.7. The standard InChI is InChI=1S/C25H34O3/c1-23(2,3)18-17(22(27)28)16(15-13-11-10-12-14-15)19(24(4,5)6)21(26)20(18)25(7,8)9/h10-14,26H,1-9H3,(H,27,28). The van der Waals surface area contributed by atoms with Gasteiger partial charge in [-0.15, -0.1) is 0 Å². The van der Waals surface area contributed by atoms with Crippen LogP contribution in [0.15, 0.2) is 30.3 Å². The van der Waals surface area contributed by atoms with Crippen LogP contribution in [-0.2, 0) is 16.2 Å². The molecule has 3 heteroatoms. The summed E-state index contributed by atoms with van der Waals surface area (Å²) in [5.74, 6) is -0.742. The average molecular weight is 383 g/mol. The lowest BCUT2D eigenvalue weighted by Gasteiger charge is -2.37. The normalized spacial score (nSPS) is 12.9. The van der Waals surface area contributed by atoms with Crippen molar-refractivity contribution >= 4 is 5.97 Å². The Kier molecular flexibility index (Phi) is 5.46. The number of carbonyl (C=O) groups is 1. The zero-order valence-corrected chi connectivity index (χ0v) is 18.7. The van der Waals surface area contributed by atoms with Crippen molar-refractivity contribution in [2.45, 2.75) is 78.6 Å². The van der Waals surface area contributed by atoms with Gasteiger partial charge < -0.3 is 10.2 Å². The molecule has 0 fully saturated rings. The highest BCUT2D eigenvalue weighted by atomic mass is 16.4. The first-order valence-electron chi connectivity index (χ1n) is 9.81. The van der Waals surface area contributed by atoms with Gasteiger partial charge in [-0.25, -0.2) is 4.79 Å². The fourth-order valence-electron chi connectivity index (χ4n) is 4.05. The number of hydrogen-bond donors (Lipinski definition) is 2. The quantitative estimate of drug-likeness (QED) is 0.611. The SMILES string of the molecule is CC(C)(C)c1c(O)c(C(C)(C)C)c(C(C)(C)C)c(C(=O)O)c1-c1ccccc1. The van der Waals surface area contributed by atoms with Gasteiger partial charge >= 0.3 is 5.97 Å². The molecule has 0 aromatic heterocycles. The minimum Gasteiger partial charge on any atom is -0.507 e. The maximum atomic E-state index is 12.7. The second-order valence-electron chi connectivity index (χ2n) is 10.6. The van der Waals surface area contributed by atoms with Crippen molar-refractivity contribution < 1.29 is 15.0 Å². The molecule has 0 amide bonds. The number of aromatic carboxylic acids is 1. The highest BCUT2D eigenvalue weighted by Gasteiger charge is 2.39. The Hall–Kier alpha value is -2.29. The summed E-state index contributed by atoms with van der Waals surface area (Å²) in [5, 5.41) is 21.9. The van der Waals surface area contributed by atoms with E-state index in [-0.39, 0.29) is 5.75 Å². The average Bonchev–Trinajstić information content (AvgIpc) is 2.50. The van der Waals surface area contributed by atoms with E-state index in [0.717, 1.165) is 11.1 Å². The Balaban J connectivity index is 3.29. The molecule has 0 atom stereocenters. The summed E-state index contributed by atoms with van der Waals surface area (Å²) in [7, 11) is 0. The summed E-state index contributed by atoms with van der Waals surface area (Å²) >= 11 is 0. The van der Waals surface area contributed by atoms with E-state index in [9.17, 15) is 15.0 Å². The molecule has 3 nitrogen and oxygen atoms in total. The Bertz CT molecular complexity index is 887. The van der Waals surface area contributed by atoms with Gasteiger partial charge in [0.2, 0.25) is 0 Å². The predicted octanol–water partition coefficient (Wildman–Crippen LogP) is 6.65. The fourth-order valence-corrected chi connectivity index (χ4v) is 4.05. The molecule has 0 bridgehead atoms. The Morgan fingerprint density at radius 2 is 1.14 bits per heavy atom. The number of carboxylic acids is 1. The van der Waals surface area contributed by atoms with Crippen LogP contribution in [0.2, 0.25) is 0 Å². The maximum absolute atomic E-state index is 12.7. The van der Waals surface area contributed by atoms with Crippen LogP contribution >= 0.6 is 0 Å². The molecule has 28 heavy (non-hydrogen) atoms. The molecule has 0 saturated carbocycles. The Labute approximate surface area is 169 Å². The van der Waals surface area contributed by atoms with E-state index in [0.29, 0.717) is 22.3 Å². The van der Waals surface area contributed by atoms with E-state index in [4.69, 9.17) is 0 Å². The van der Waals surface area contributed by atoms with E-state index in [1.54, 1.807) is 0 Å². The molecule has 2 N–H and O–H groups in total. The van der Waals surface area contributed by atoms with Crippen LogP contribution in [0, 0.1) is 0 Å². The summed E-state index contributed by atoms with van der Waals surface area (Å²) in [6.07, 6.45) is 0. The van der Waals surface area contributed by atoms with Crippen molar-refractivity contribution in [3.05, 3.63) is 52.6 Å². The first kappa shape index (κ1) is 22.0. The molecule has 0 radical (unpaired) electrons. The number of phenols is 1. The molecule has 0 saturated heterocycles. The van der Waals surface area contributed by atoms with Crippen molar-refractivity contribution in [2.24, 2.45) is 0 Å². The van der Waals surface area contributed by atoms with Crippen LogP contribution < -0.4 is 0 Å². The Morgan fingerprint density at radius 3 is 1.50 bits per heavy atom. The van der Waals surface area contributed by atoms with Crippen LogP contribution in [0.5, 0.6) is 5.75 Å². The van der Waals surface area contributed by atoms with E-state index in [1.165, 1.54) is 0 Å². The summed E-state index contributed by atoms with van der Waals surface area (Å²) in [6, 6.07) is 9.55. The van der Waals surface area contributed by atoms with Gasteiger partial charge in [-0.05, 0) is 27.4 Å². The van der Waals surface area contributed by atoms with Crippen LogP contribution in [0.3, 0.4) is 0 Å². The van der Waals surface area contributed by atoms with Crippen molar-refractivity contribution in [1.29, 1.82) is 0 Å². The molecule has 0 spiro atoms. The minimum absolute atomic E-state index is 0.216. The van der Waals surface area contributed by atoms with Crippen LogP contribution in [0.4, 0.5) is 0 Å². The summed E-state index contributed by atoms with van der Waals surface area (Å²) < 4.78 is 0. The van der Waals surface area contributed by atoms with Gasteiger partial charge in [-0.3, -0.25) is 0 Å². The van der Waals surface area contributed by atoms with E-state index < -0.39 is 22.2 Å². The largest absolute Gasteiger partial charge is 0.507 e. The lowest BCUT2D eigenvalue weighted by Crippen LogP contribution is -2.29. The van der Waals surface area contributed by atoms with Crippen LogP contribution in [0.25, 0.3) is 11.1 Å². The van der Waals surface area contributed by atoms with E-state index >= 15 is 0 Å². The van der Waals surface area contributed by atoms with Gasteiger partial charge in [0.05, 0.1) is 5.56 Å². The molecule has 0 unspecified atom stereocenters. The topological polar surface area (TPSA) is 57.5 Å². The summed E-state index contributed by atoms with van der Waals surface area (Å²) in [6.45, 7) is 18.2. The second kappa shape index (κ2) is 6.95. The van der Waals surface area contributed by atoms with E-state index in [1.807, 2.05) is 92.6 Å². The second-order valence-corrected chi connectivity index (χ2v) is 10.6. The smallest absolute Gasteiger partial charge is 0.336 e. The zero-order valence-electron chi connectivity index (χ0n) is 18.7. The minimum atomic E-state index is -0.959. The molecular formula is C25H34O3. The zero-order chi connectivity index (χ0) is 21.7. The number of carboxylic acid groups (broad SMARTS) is 1. The molecule has 2 aromatic carbocycles. The monoisotopic (exact) mass is 382 g/mol. The first-order chi connectivity index (χ1) is 12.6.